The lowest BCUT2D eigenvalue weighted by molar-refractivity contribution is -0.124. The van der Waals surface area contributed by atoms with Crippen molar-refractivity contribution in [3.05, 3.63) is 0 Å². The van der Waals surface area contributed by atoms with E-state index in [9.17, 15) is 4.79 Å². The van der Waals surface area contributed by atoms with Crippen LogP contribution in [0.15, 0.2) is 10.3 Å². The third-order valence-electron chi connectivity index (χ3n) is 2.44. The first-order chi connectivity index (χ1) is 7.32. The Labute approximate surface area is 96.3 Å². The Hall–Kier alpha value is -0.960. The summed E-state index contributed by atoms with van der Waals surface area (Å²) < 4.78 is 1.55. The molecule has 0 aromatic rings. The van der Waals surface area contributed by atoms with E-state index in [1.807, 2.05) is 6.92 Å². The highest BCUT2D eigenvalue weighted by Gasteiger charge is 2.50. The molecule has 0 spiro atoms. The van der Waals surface area contributed by atoms with Crippen LogP contribution in [-0.2, 0) is 9.63 Å². The molecule has 88 valence electrons. The van der Waals surface area contributed by atoms with Crippen LogP contribution in [0.1, 0.15) is 34.6 Å². The van der Waals surface area contributed by atoms with Gasteiger partial charge in [0.15, 0.2) is 0 Å². The standard InChI is InChI=1S/C10H16N3O2P/c1-6-8-15-12-9(10(3,4)5)16(8)13(11-6)7(2)14/h8H,1-5H3. The fraction of sp³-hybridized carbons (Fsp3) is 0.700. The zero-order valence-electron chi connectivity index (χ0n) is 10.2. The minimum absolute atomic E-state index is 0.0459. The number of rotatable bonds is 0. The van der Waals surface area contributed by atoms with Crippen molar-refractivity contribution >= 4 is 25.1 Å². The Balaban J connectivity index is 2.34. The fourth-order valence-electron chi connectivity index (χ4n) is 1.69. The summed E-state index contributed by atoms with van der Waals surface area (Å²) in [5.41, 5.74) is 1.70. The molecule has 2 atom stereocenters. The van der Waals surface area contributed by atoms with Crippen molar-refractivity contribution in [3.8, 4) is 0 Å². The molecular formula is C10H16N3O2P. The zero-order valence-corrected chi connectivity index (χ0v) is 11.1. The fourth-order valence-corrected chi connectivity index (χ4v) is 4.19. The second-order valence-electron chi connectivity index (χ2n) is 5.02. The Morgan fingerprint density at radius 2 is 2.12 bits per heavy atom. The molecule has 0 radical (unpaired) electrons. The highest BCUT2D eigenvalue weighted by Crippen LogP contribution is 2.59. The lowest BCUT2D eigenvalue weighted by atomic mass is 9.99. The van der Waals surface area contributed by atoms with Gasteiger partial charge in [0.1, 0.15) is 13.5 Å². The molecule has 0 saturated heterocycles. The van der Waals surface area contributed by atoms with Gasteiger partial charge in [-0.1, -0.05) is 25.9 Å². The van der Waals surface area contributed by atoms with Crippen molar-refractivity contribution in [2.45, 2.75) is 40.5 Å². The summed E-state index contributed by atoms with van der Waals surface area (Å²) in [6.07, 6.45) is 0. The number of hydrazone groups is 1. The minimum Gasteiger partial charge on any atom is -0.379 e. The molecule has 2 heterocycles. The Morgan fingerprint density at radius 1 is 1.50 bits per heavy atom. The van der Waals surface area contributed by atoms with Crippen molar-refractivity contribution in [3.63, 3.8) is 0 Å². The Morgan fingerprint density at radius 3 is 2.62 bits per heavy atom. The summed E-state index contributed by atoms with van der Waals surface area (Å²) in [7, 11) is -0.879. The molecule has 0 saturated carbocycles. The largest absolute Gasteiger partial charge is 0.379 e. The number of carbonyl (C=O) groups is 1. The molecule has 0 aromatic carbocycles. The van der Waals surface area contributed by atoms with Crippen molar-refractivity contribution in [1.82, 2.24) is 4.78 Å². The van der Waals surface area contributed by atoms with Gasteiger partial charge in [0, 0.05) is 12.3 Å². The van der Waals surface area contributed by atoms with Crippen LogP contribution in [0.2, 0.25) is 0 Å². The molecule has 1 amide bonds. The van der Waals surface area contributed by atoms with Crippen LogP contribution < -0.4 is 0 Å². The van der Waals surface area contributed by atoms with Crippen LogP contribution in [0.5, 0.6) is 0 Å². The molecule has 2 rings (SSSR count). The zero-order chi connectivity index (χ0) is 12.1. The van der Waals surface area contributed by atoms with Crippen molar-refractivity contribution < 1.29 is 9.63 Å². The van der Waals surface area contributed by atoms with Gasteiger partial charge < -0.3 is 4.84 Å². The average Bonchev–Trinajstić information content (AvgIpc) is 2.65. The molecular weight excluding hydrogens is 225 g/mol. The molecule has 5 nitrogen and oxygen atoms in total. The maximum Gasteiger partial charge on any atom is 0.243 e. The van der Waals surface area contributed by atoms with Crippen LogP contribution in [0.25, 0.3) is 0 Å². The van der Waals surface area contributed by atoms with Crippen LogP contribution in [-0.4, -0.2) is 27.7 Å². The van der Waals surface area contributed by atoms with Crippen molar-refractivity contribution in [1.29, 1.82) is 0 Å². The average molecular weight is 241 g/mol. The van der Waals surface area contributed by atoms with Gasteiger partial charge in [-0.05, 0) is 6.92 Å². The van der Waals surface area contributed by atoms with E-state index in [4.69, 9.17) is 4.84 Å². The predicted octanol–water partition coefficient (Wildman–Crippen LogP) is 2.34. The Bertz CT molecular complexity index is 397. The first-order valence-corrected chi connectivity index (χ1v) is 6.58. The number of carbonyl (C=O) groups excluding carboxylic acids is 1. The normalized spacial score (nSPS) is 28.4. The maximum absolute atomic E-state index is 11.5. The van der Waals surface area contributed by atoms with Crippen LogP contribution in [0, 0.1) is 5.41 Å². The molecule has 2 unspecified atom stereocenters. The van der Waals surface area contributed by atoms with Crippen LogP contribution >= 0.6 is 8.07 Å². The highest BCUT2D eigenvalue weighted by molar-refractivity contribution is 7.75. The summed E-state index contributed by atoms with van der Waals surface area (Å²) >= 11 is 0. The smallest absolute Gasteiger partial charge is 0.243 e. The summed E-state index contributed by atoms with van der Waals surface area (Å²) in [5, 5.41) is 8.40. The Kier molecular flexibility index (Phi) is 2.54. The number of fused-ring (bicyclic) bond motifs is 1. The van der Waals surface area contributed by atoms with Gasteiger partial charge in [-0.3, -0.25) is 4.79 Å². The van der Waals surface area contributed by atoms with Gasteiger partial charge in [0.2, 0.25) is 11.8 Å². The lowest BCUT2D eigenvalue weighted by Crippen LogP contribution is -2.26. The molecule has 0 fully saturated rings. The molecule has 2 aliphatic rings. The number of hydrogen-bond acceptors (Lipinski definition) is 4. The lowest BCUT2D eigenvalue weighted by Gasteiger charge is -2.25. The number of nitrogens with zero attached hydrogens (tertiary/aromatic N) is 3. The second-order valence-corrected chi connectivity index (χ2v) is 6.98. The molecule has 2 aliphatic heterocycles. The molecule has 16 heavy (non-hydrogen) atoms. The summed E-state index contributed by atoms with van der Waals surface area (Å²) in [6.45, 7) is 9.63. The van der Waals surface area contributed by atoms with E-state index in [1.54, 1.807) is 4.78 Å². The monoisotopic (exact) mass is 241 g/mol. The van der Waals surface area contributed by atoms with Gasteiger partial charge in [0.25, 0.3) is 0 Å². The summed E-state index contributed by atoms with van der Waals surface area (Å²) in [5.74, 6) is -0.177. The van der Waals surface area contributed by atoms with E-state index in [1.165, 1.54) is 6.92 Å². The van der Waals surface area contributed by atoms with Gasteiger partial charge in [-0.25, -0.2) is 4.78 Å². The molecule has 0 aromatic heterocycles. The van der Waals surface area contributed by atoms with Crippen LogP contribution in [0.4, 0.5) is 0 Å². The van der Waals surface area contributed by atoms with E-state index in [2.05, 4.69) is 31.0 Å². The van der Waals surface area contributed by atoms with Crippen molar-refractivity contribution in [2.24, 2.45) is 15.7 Å². The molecule has 6 heteroatoms. The van der Waals surface area contributed by atoms with E-state index >= 15 is 0 Å². The minimum atomic E-state index is -0.879. The first-order valence-electron chi connectivity index (χ1n) is 5.21. The van der Waals surface area contributed by atoms with Crippen molar-refractivity contribution in [2.75, 3.05) is 0 Å². The molecule has 0 N–H and O–H groups in total. The first kappa shape index (κ1) is 11.5. The van der Waals surface area contributed by atoms with E-state index in [-0.39, 0.29) is 17.2 Å². The van der Waals surface area contributed by atoms with Gasteiger partial charge >= 0.3 is 0 Å². The number of oxime groups is 1. The third-order valence-corrected chi connectivity index (χ3v) is 5.32. The van der Waals surface area contributed by atoms with E-state index in [0.717, 1.165) is 11.2 Å². The van der Waals surface area contributed by atoms with Crippen LogP contribution in [0.3, 0.4) is 0 Å². The van der Waals surface area contributed by atoms with E-state index < -0.39 is 8.07 Å². The summed E-state index contributed by atoms with van der Waals surface area (Å²) in [4.78, 5) is 16.9. The SMILES string of the molecule is CC(=O)N1N=C(C)C2ON=C(C(C)(C)C)P21. The summed E-state index contributed by atoms with van der Waals surface area (Å²) in [6, 6.07) is 0. The maximum atomic E-state index is 11.5. The van der Waals surface area contributed by atoms with Gasteiger partial charge in [0.05, 0.1) is 5.71 Å². The molecule has 0 bridgehead atoms. The number of amides is 1. The quantitative estimate of drug-likeness (QED) is 0.611. The molecule has 0 aliphatic carbocycles. The van der Waals surface area contributed by atoms with E-state index in [0.29, 0.717) is 0 Å². The topological polar surface area (TPSA) is 54.3 Å². The van der Waals surface area contributed by atoms with Gasteiger partial charge in [-0.2, -0.15) is 5.10 Å². The second kappa shape index (κ2) is 3.52. The highest BCUT2D eigenvalue weighted by atomic mass is 31.1. The third kappa shape index (κ3) is 1.63. The van der Waals surface area contributed by atoms with Gasteiger partial charge in [-0.15, -0.1) is 0 Å². The number of hydrogen-bond donors (Lipinski definition) is 0. The predicted molar refractivity (Wildman–Crippen MR) is 64.3 cm³/mol.